The summed E-state index contributed by atoms with van der Waals surface area (Å²) in [6, 6.07) is 0.719. The van der Waals surface area contributed by atoms with E-state index in [1.54, 1.807) is 74.5 Å². The van der Waals surface area contributed by atoms with E-state index in [1.165, 1.54) is 36.8 Å². The highest BCUT2D eigenvalue weighted by Gasteiger charge is 2.43. The second-order valence-corrected chi connectivity index (χ2v) is 34.1. The number of hydrogen-bond acceptors (Lipinski definition) is 26. The summed E-state index contributed by atoms with van der Waals surface area (Å²) in [5, 5.41) is 76.5. The Labute approximate surface area is 754 Å². The van der Waals surface area contributed by atoms with Gasteiger partial charge >= 0.3 is 5.97 Å². The molecule has 14 atom stereocenters. The molecule has 3 saturated heterocycles. The molecule has 706 valence electrons. The van der Waals surface area contributed by atoms with Gasteiger partial charge in [0, 0.05) is 75.1 Å². The van der Waals surface area contributed by atoms with Crippen molar-refractivity contribution in [3.05, 3.63) is 120 Å². The zero-order valence-corrected chi connectivity index (χ0v) is 73.4. The van der Waals surface area contributed by atoms with Crippen LogP contribution in [0.1, 0.15) is 107 Å². The monoisotopic (exact) mass is 1850 g/mol. The van der Waals surface area contributed by atoms with Gasteiger partial charge in [-0.1, -0.05) is 108 Å². The number of rotatable bonds is 32. The summed E-state index contributed by atoms with van der Waals surface area (Å²) in [4.78, 5) is 277. The minimum atomic E-state index is -2.03. The number of aromatic amines is 1. The maximum atomic E-state index is 15.3. The first-order chi connectivity index (χ1) is 61.8. The van der Waals surface area contributed by atoms with Gasteiger partial charge in [0.15, 0.2) is 5.96 Å². The molecule has 0 bridgehead atoms. The number of carbonyl (C=O) groups is 19. The fourth-order valence-corrected chi connectivity index (χ4v) is 16.4. The molecule has 7 rings (SSSR count). The Bertz CT molecular complexity index is 4660. The van der Waals surface area contributed by atoms with E-state index in [4.69, 9.17) is 28.3 Å². The Morgan fingerprint density at radius 2 is 1.18 bits per heavy atom. The van der Waals surface area contributed by atoms with Crippen LogP contribution in [0.25, 0.3) is 0 Å². The number of aliphatic carboxylic acids is 1. The van der Waals surface area contributed by atoms with Crippen LogP contribution >= 0.6 is 21.6 Å². The first kappa shape index (κ1) is 104. The maximum absolute atomic E-state index is 15.3. The number of primary amides is 2. The summed E-state index contributed by atoms with van der Waals surface area (Å²) in [7, 11) is 1.39. The van der Waals surface area contributed by atoms with Crippen molar-refractivity contribution in [3.63, 3.8) is 0 Å². The Morgan fingerprint density at radius 3 is 1.82 bits per heavy atom. The number of aliphatic hydroxyl groups is 1. The third kappa shape index (κ3) is 34.6. The number of phenols is 1. The number of carboxylic acids is 1. The van der Waals surface area contributed by atoms with Gasteiger partial charge in [-0.3, -0.25) is 91.7 Å². The van der Waals surface area contributed by atoms with Gasteiger partial charge in [-0.2, -0.15) is 0 Å². The summed E-state index contributed by atoms with van der Waals surface area (Å²) >= 11 is 0. The number of nitrogens with two attached hydrogens (primary N) is 4. The van der Waals surface area contributed by atoms with Gasteiger partial charge < -0.3 is 133 Å². The molecule has 130 heavy (non-hydrogen) atoms. The van der Waals surface area contributed by atoms with Gasteiger partial charge in [0.2, 0.25) is 106 Å². The maximum Gasteiger partial charge on any atom is 0.326 e. The lowest BCUT2D eigenvalue weighted by Crippen LogP contribution is -2.61. The van der Waals surface area contributed by atoms with Crippen LogP contribution < -0.4 is 103 Å². The van der Waals surface area contributed by atoms with E-state index in [-0.39, 0.29) is 114 Å². The second-order valence-electron chi connectivity index (χ2n) is 31.6. The van der Waals surface area contributed by atoms with Crippen LogP contribution in [0.2, 0.25) is 0 Å². The minimum Gasteiger partial charge on any atom is -0.508 e. The van der Waals surface area contributed by atoms with Crippen molar-refractivity contribution in [1.29, 1.82) is 5.41 Å². The second kappa shape index (κ2) is 52.1. The molecule has 0 aliphatic carbocycles. The van der Waals surface area contributed by atoms with E-state index in [0.29, 0.717) is 44.7 Å². The van der Waals surface area contributed by atoms with Crippen LogP contribution in [-0.2, 0) is 117 Å². The molecule has 28 N–H and O–H groups in total. The molecule has 3 aliphatic heterocycles. The van der Waals surface area contributed by atoms with Crippen molar-refractivity contribution in [2.24, 2.45) is 28.9 Å². The average molecular weight is 1850 g/mol. The minimum absolute atomic E-state index is 0.000891. The first-order valence-electron chi connectivity index (χ1n) is 41.9. The highest BCUT2D eigenvalue weighted by molar-refractivity contribution is 8.76. The average Bonchev–Trinajstić information content (AvgIpc) is 1.66. The molecule has 4 aromatic rings. The molecular weight excluding hydrogens is 1740 g/mol. The molecule has 3 fully saturated rings. The number of carbonyl (C=O) groups excluding carboxylic acids is 18. The van der Waals surface area contributed by atoms with E-state index in [2.05, 4.69) is 89.7 Å². The highest BCUT2D eigenvalue weighted by atomic mass is 33.1. The van der Waals surface area contributed by atoms with E-state index in [9.17, 15) is 82.4 Å². The molecule has 0 unspecified atom stereocenters. The predicted molar refractivity (Wildman–Crippen MR) is 468 cm³/mol. The Balaban J connectivity index is 1.30. The van der Waals surface area contributed by atoms with Crippen LogP contribution in [-0.4, -0.2) is 295 Å². The first-order valence-corrected chi connectivity index (χ1v) is 44.4. The molecule has 46 nitrogen and oxygen atoms in total. The number of aromatic nitrogens is 2. The molecule has 3 aliphatic rings. The SMILES string of the molecule is CC(C)C[C@@H]1NC(=O)CNC(=O)CNC(=O)[C@H](Cc2ccccc2)NC(=O)[C@H](Cc2cnc[nH]2)NC(=O)CNC(=O)[C@H]([C@@H](C)O)NC(=O)[C@@H](NC(=O)[C@H](Cc2ccccc2)NC(=O)[C@H](CCCNC(=N)N)NC(=O)[C@@H](N)CCC(N)=O)CSSC[C@@H](C(=O)N[C@@H](CC(N)=O)C(=O)NCC(=O)N2CCC[C@H]2C(=O)O)NC(=O)[C@@H]2CCCN2C(=O)[C@H](Cc2ccc(O)cc2)NC1=O. The van der Waals surface area contributed by atoms with Crippen LogP contribution in [0, 0.1) is 11.3 Å². The van der Waals surface area contributed by atoms with Crippen molar-refractivity contribution in [2.45, 2.75) is 195 Å². The number of amides is 18. The number of nitrogens with one attached hydrogen (secondary N) is 17. The van der Waals surface area contributed by atoms with Gasteiger partial charge in [-0.05, 0) is 93.0 Å². The molecule has 48 heteroatoms. The third-order valence-electron chi connectivity index (χ3n) is 20.8. The highest BCUT2D eigenvalue weighted by Crippen LogP contribution is 2.27. The molecule has 3 aromatic carbocycles. The molecule has 18 amide bonds. The molecule has 0 radical (unpaired) electrons. The van der Waals surface area contributed by atoms with Gasteiger partial charge in [-0.25, -0.2) is 9.78 Å². The fourth-order valence-electron chi connectivity index (χ4n) is 14.0. The van der Waals surface area contributed by atoms with Crippen LogP contribution in [0.5, 0.6) is 5.75 Å². The van der Waals surface area contributed by atoms with Crippen molar-refractivity contribution in [3.8, 4) is 5.75 Å². The number of imidazole rings is 1. The van der Waals surface area contributed by atoms with E-state index >= 15 is 24.0 Å². The number of aliphatic hydroxyl groups excluding tert-OH is 1. The summed E-state index contributed by atoms with van der Waals surface area (Å²) in [5.41, 5.74) is 24.1. The van der Waals surface area contributed by atoms with Gasteiger partial charge in [0.25, 0.3) is 0 Å². The summed E-state index contributed by atoms with van der Waals surface area (Å²) in [6.45, 7) is 1.01. The predicted octanol–water partition coefficient (Wildman–Crippen LogP) is -7.68. The van der Waals surface area contributed by atoms with Gasteiger partial charge in [-0.15, -0.1) is 0 Å². The van der Waals surface area contributed by atoms with Crippen molar-refractivity contribution in [2.75, 3.05) is 57.3 Å². The largest absolute Gasteiger partial charge is 0.508 e. The zero-order chi connectivity index (χ0) is 95.3. The van der Waals surface area contributed by atoms with Gasteiger partial charge in [0.1, 0.15) is 78.3 Å². The van der Waals surface area contributed by atoms with Crippen LogP contribution in [0.3, 0.4) is 0 Å². The number of carboxylic acid groups (broad SMARTS) is 1. The molecule has 0 saturated carbocycles. The summed E-state index contributed by atoms with van der Waals surface area (Å²) in [6.07, 6.45) is -1.71. The quantitative estimate of drug-likeness (QED) is 0.00934. The van der Waals surface area contributed by atoms with E-state index in [0.717, 1.165) is 16.7 Å². The van der Waals surface area contributed by atoms with Crippen molar-refractivity contribution < 1.29 is 106 Å². The Morgan fingerprint density at radius 1 is 0.585 bits per heavy atom. The number of likely N-dealkylation sites (tertiary alicyclic amines) is 1. The standard InChI is InChI=1S/C82H114N24O22S2/c1-43(2)29-52-73(119)101-57(32-47-20-22-49(108)23-21-47)80(126)106-28-11-18-60(106)78(124)103-58(76(122)100-56(34-63(85)110)71(117)93-39-67(114)105-27-12-19-61(105)81(127)128)40-129-130-41-59(102-74(120)54(31-46-15-8-5-9-16-46)99-72(118)51(17-10-26-89-82(86)87)97-69(115)50(83)24-25-62(84)109)77(123)104-68(44(3)107)79(125)92-38-66(113)96-55(33-48-35-88-42-94-48)75(121)98-53(30-45-13-6-4-7-14-45)70(116)91-36-64(111)90-37-65(112)95-52/h4-9,13-16,20-23,35,42-44,50-61,68,107-108H,10-12,17-19,24-34,36-41,83H2,1-3H3,(H2,84,109)(H2,85,110)(H,88,94)(H,90,111)(H,91,116)(H,92,125)(H,93,117)(H,95,112)(H,96,113)(H,97,115)(H,98,121)(H,99,118)(H,100,122)(H,101,119)(H,102,120)(H,103,124)(H,104,123)(H,127,128)(H4,86,87,89)/t44-,50+,51+,52+,53+,54+,55+,56+,57+,58+,59+,60+,61+,68+/m1/s1. The molecule has 0 spiro atoms. The summed E-state index contributed by atoms with van der Waals surface area (Å²) in [5.74, 6) is -21.9. The Kier molecular flexibility index (Phi) is 41.5. The molecule has 1 aromatic heterocycles. The van der Waals surface area contributed by atoms with Crippen LogP contribution in [0.15, 0.2) is 97.5 Å². The third-order valence-corrected chi connectivity index (χ3v) is 23.2. The number of H-pyrrole nitrogens is 1. The molecule has 4 heterocycles. The van der Waals surface area contributed by atoms with E-state index in [1.807, 2.05) is 0 Å². The number of guanidine groups is 1. The number of phenolic OH excluding ortho intramolecular Hbond substituents is 1. The van der Waals surface area contributed by atoms with E-state index < -0.39 is 247 Å². The summed E-state index contributed by atoms with van der Waals surface area (Å²) < 4.78 is 0. The van der Waals surface area contributed by atoms with Gasteiger partial charge in [0.05, 0.1) is 51.1 Å². The fraction of sp³-hybridized carbons (Fsp3) is 0.500. The number of nitrogens with zero attached hydrogens (tertiary/aromatic N) is 3. The van der Waals surface area contributed by atoms with Crippen molar-refractivity contribution in [1.82, 2.24) is 99.5 Å². The Hall–Kier alpha value is -13.5. The van der Waals surface area contributed by atoms with Crippen LogP contribution in [0.4, 0.5) is 0 Å². The number of benzene rings is 3. The normalized spacial score (nSPS) is 21.8. The lowest BCUT2D eigenvalue weighted by atomic mass is 10.0. The molecular formula is C82H114N24O22S2. The van der Waals surface area contributed by atoms with Crippen molar-refractivity contribution >= 4 is 140 Å². The number of aromatic hydroxyl groups is 1. The number of hydrogen-bond donors (Lipinski definition) is 24. The lowest BCUT2D eigenvalue weighted by Gasteiger charge is -2.31. The topological polar surface area (TPSA) is 729 Å². The zero-order valence-electron chi connectivity index (χ0n) is 71.7. The number of fused-ring (bicyclic) bond motifs is 1. The smallest absolute Gasteiger partial charge is 0.326 e. The lowest BCUT2D eigenvalue weighted by molar-refractivity contribution is -0.148.